The number of aliphatic hydroxyl groups excluding tert-OH is 1. The lowest BCUT2D eigenvalue weighted by molar-refractivity contribution is -0.0699. The van der Waals surface area contributed by atoms with Gasteiger partial charge in [-0.25, -0.2) is 0 Å². The molecule has 0 radical (unpaired) electrons. The van der Waals surface area contributed by atoms with Crippen molar-refractivity contribution in [2.75, 3.05) is 7.11 Å². The molecule has 104 valence electrons. The molecular weight excluding hydrogens is 252 g/mol. The van der Waals surface area contributed by atoms with E-state index in [1.54, 1.807) is 18.8 Å². The molecule has 1 rings (SSSR count). The van der Waals surface area contributed by atoms with E-state index < -0.39 is 6.10 Å². The van der Waals surface area contributed by atoms with Crippen LogP contribution in [-0.2, 0) is 18.2 Å². The number of nitrogens with zero attached hydrogens (tertiary/aromatic N) is 2. The lowest BCUT2D eigenvalue weighted by Gasteiger charge is -2.33. The predicted octanol–water partition coefficient (Wildman–Crippen LogP) is 2.35. The molecule has 0 fully saturated rings. The van der Waals surface area contributed by atoms with Gasteiger partial charge < -0.3 is 9.84 Å². The molecule has 0 aliphatic carbocycles. The third-order valence-electron chi connectivity index (χ3n) is 3.14. The van der Waals surface area contributed by atoms with Gasteiger partial charge in [-0.1, -0.05) is 32.4 Å². The van der Waals surface area contributed by atoms with E-state index in [9.17, 15) is 5.11 Å². The van der Waals surface area contributed by atoms with E-state index in [1.165, 1.54) is 0 Å². The second kappa shape index (κ2) is 5.59. The average Bonchev–Trinajstić information content (AvgIpc) is 2.44. The van der Waals surface area contributed by atoms with Crippen molar-refractivity contribution in [2.24, 2.45) is 12.5 Å². The number of aliphatic hydroxyl groups is 1. The van der Waals surface area contributed by atoms with Crippen LogP contribution in [0.4, 0.5) is 0 Å². The molecule has 0 saturated heterocycles. The van der Waals surface area contributed by atoms with Crippen molar-refractivity contribution in [3.05, 3.63) is 16.4 Å². The Morgan fingerprint density at radius 1 is 1.44 bits per heavy atom. The van der Waals surface area contributed by atoms with Crippen LogP contribution in [0.5, 0.6) is 0 Å². The normalized spacial score (nSPS) is 15.8. The summed E-state index contributed by atoms with van der Waals surface area (Å²) in [6, 6.07) is 0. The molecule has 5 heteroatoms. The third kappa shape index (κ3) is 3.25. The predicted molar refractivity (Wildman–Crippen MR) is 72.9 cm³/mol. The van der Waals surface area contributed by atoms with E-state index in [2.05, 4.69) is 5.10 Å². The number of hydrogen-bond acceptors (Lipinski definition) is 3. The molecular formula is C13H23ClN2O2. The summed E-state index contributed by atoms with van der Waals surface area (Å²) in [7, 11) is 3.42. The van der Waals surface area contributed by atoms with E-state index in [0.29, 0.717) is 11.6 Å². The number of halogens is 1. The lowest BCUT2D eigenvalue weighted by Crippen LogP contribution is -2.40. The Morgan fingerprint density at radius 2 is 2.00 bits per heavy atom. The number of aromatic nitrogens is 2. The molecule has 1 N–H and O–H groups in total. The van der Waals surface area contributed by atoms with Gasteiger partial charge in [0.05, 0.1) is 17.9 Å². The van der Waals surface area contributed by atoms with Crippen LogP contribution in [0.2, 0.25) is 5.15 Å². The van der Waals surface area contributed by atoms with E-state index in [1.807, 2.05) is 27.7 Å². The first kappa shape index (κ1) is 15.5. The molecule has 0 amide bonds. The Balaban J connectivity index is 2.90. The molecule has 0 saturated carbocycles. The quantitative estimate of drug-likeness (QED) is 0.917. The van der Waals surface area contributed by atoms with Crippen molar-refractivity contribution in [2.45, 2.75) is 46.3 Å². The van der Waals surface area contributed by atoms with Crippen LogP contribution in [0.15, 0.2) is 0 Å². The maximum absolute atomic E-state index is 10.3. The average molecular weight is 275 g/mol. The molecule has 1 aromatic rings. The van der Waals surface area contributed by atoms with Gasteiger partial charge in [0.1, 0.15) is 5.15 Å². The zero-order chi connectivity index (χ0) is 14.1. The molecule has 2 atom stereocenters. The smallest absolute Gasteiger partial charge is 0.130 e. The highest BCUT2D eigenvalue weighted by atomic mass is 35.5. The van der Waals surface area contributed by atoms with Gasteiger partial charge in [0.2, 0.25) is 0 Å². The SMILES string of the molecule is COC(C(O)Cc1c(C)nn(C)c1Cl)C(C)(C)C. The van der Waals surface area contributed by atoms with Gasteiger partial charge in [0.25, 0.3) is 0 Å². The van der Waals surface area contributed by atoms with Gasteiger partial charge in [-0.2, -0.15) is 5.10 Å². The molecule has 18 heavy (non-hydrogen) atoms. The fraction of sp³-hybridized carbons (Fsp3) is 0.769. The van der Waals surface area contributed by atoms with Gasteiger partial charge in [-0.3, -0.25) is 4.68 Å². The second-order valence-electron chi connectivity index (χ2n) is 5.77. The second-order valence-corrected chi connectivity index (χ2v) is 6.13. The summed E-state index contributed by atoms with van der Waals surface area (Å²) < 4.78 is 7.04. The van der Waals surface area contributed by atoms with Crippen molar-refractivity contribution in [3.63, 3.8) is 0 Å². The van der Waals surface area contributed by atoms with Crippen LogP contribution in [0.3, 0.4) is 0 Å². The first-order chi connectivity index (χ1) is 8.18. The van der Waals surface area contributed by atoms with Crippen LogP contribution in [0.25, 0.3) is 0 Å². The molecule has 4 nitrogen and oxygen atoms in total. The van der Waals surface area contributed by atoms with Gasteiger partial charge in [-0.05, 0) is 12.3 Å². The number of ether oxygens (including phenoxy) is 1. The lowest BCUT2D eigenvalue weighted by atomic mass is 9.84. The Kier molecular flexibility index (Phi) is 4.81. The summed E-state index contributed by atoms with van der Waals surface area (Å²) in [6.45, 7) is 8.03. The Hall–Kier alpha value is -0.580. The van der Waals surface area contributed by atoms with Gasteiger partial charge >= 0.3 is 0 Å². The number of rotatable bonds is 4. The fourth-order valence-electron chi connectivity index (χ4n) is 2.31. The van der Waals surface area contributed by atoms with E-state index in [-0.39, 0.29) is 11.5 Å². The summed E-state index contributed by atoms with van der Waals surface area (Å²) in [5.41, 5.74) is 1.61. The minimum Gasteiger partial charge on any atom is -0.390 e. The number of hydrogen-bond donors (Lipinski definition) is 1. The van der Waals surface area contributed by atoms with Gasteiger partial charge in [-0.15, -0.1) is 0 Å². The summed E-state index contributed by atoms with van der Waals surface area (Å²) in [6.07, 6.45) is -0.391. The zero-order valence-electron chi connectivity index (χ0n) is 12.0. The standard InChI is InChI=1S/C13H23ClN2O2/c1-8-9(12(14)16(5)15-8)7-10(17)11(18-6)13(2,3)4/h10-11,17H,7H2,1-6H3. The van der Waals surface area contributed by atoms with Crippen molar-refractivity contribution in [1.82, 2.24) is 9.78 Å². The Labute approximate surface area is 114 Å². The summed E-state index contributed by atoms with van der Waals surface area (Å²) in [4.78, 5) is 0. The molecule has 0 bridgehead atoms. The number of methoxy groups -OCH3 is 1. The van der Waals surface area contributed by atoms with E-state index in [4.69, 9.17) is 16.3 Å². The van der Waals surface area contributed by atoms with Crippen LogP contribution in [-0.4, -0.2) is 34.2 Å². The highest BCUT2D eigenvalue weighted by Gasteiger charge is 2.32. The van der Waals surface area contributed by atoms with Crippen LogP contribution in [0.1, 0.15) is 32.0 Å². The molecule has 0 aliphatic heterocycles. The fourth-order valence-corrected chi connectivity index (χ4v) is 2.56. The minimum atomic E-state index is -0.601. The van der Waals surface area contributed by atoms with Crippen molar-refractivity contribution < 1.29 is 9.84 Å². The monoisotopic (exact) mass is 274 g/mol. The van der Waals surface area contributed by atoms with E-state index >= 15 is 0 Å². The molecule has 1 aromatic heterocycles. The first-order valence-electron chi connectivity index (χ1n) is 6.07. The van der Waals surface area contributed by atoms with Gasteiger partial charge in [0, 0.05) is 26.1 Å². The molecule has 0 spiro atoms. The maximum atomic E-state index is 10.3. The van der Waals surface area contributed by atoms with Crippen LogP contribution in [0, 0.1) is 12.3 Å². The van der Waals surface area contributed by atoms with Crippen molar-refractivity contribution in [1.29, 1.82) is 0 Å². The summed E-state index contributed by atoms with van der Waals surface area (Å²) in [5.74, 6) is 0. The molecule has 1 heterocycles. The zero-order valence-corrected chi connectivity index (χ0v) is 12.7. The van der Waals surface area contributed by atoms with E-state index in [0.717, 1.165) is 11.3 Å². The largest absolute Gasteiger partial charge is 0.390 e. The Bertz CT molecular complexity index is 410. The van der Waals surface area contributed by atoms with Crippen molar-refractivity contribution in [3.8, 4) is 0 Å². The molecule has 2 unspecified atom stereocenters. The highest BCUT2D eigenvalue weighted by Crippen LogP contribution is 2.28. The van der Waals surface area contributed by atoms with Gasteiger partial charge in [0.15, 0.2) is 0 Å². The summed E-state index contributed by atoms with van der Waals surface area (Å²) in [5, 5.41) is 15.2. The van der Waals surface area contributed by atoms with Crippen LogP contribution < -0.4 is 0 Å². The third-order valence-corrected chi connectivity index (χ3v) is 3.61. The van der Waals surface area contributed by atoms with Crippen LogP contribution >= 0.6 is 11.6 Å². The molecule has 0 aliphatic rings. The minimum absolute atomic E-state index is 0.128. The Morgan fingerprint density at radius 3 is 2.33 bits per heavy atom. The topological polar surface area (TPSA) is 47.3 Å². The molecule has 0 aromatic carbocycles. The summed E-state index contributed by atoms with van der Waals surface area (Å²) >= 11 is 6.17. The van der Waals surface area contributed by atoms with Crippen molar-refractivity contribution >= 4 is 11.6 Å². The maximum Gasteiger partial charge on any atom is 0.130 e. The highest BCUT2D eigenvalue weighted by molar-refractivity contribution is 6.30. The number of aryl methyl sites for hydroxylation is 2. The first-order valence-corrected chi connectivity index (χ1v) is 6.45.